The van der Waals surface area contributed by atoms with Crippen LogP contribution in [-0.4, -0.2) is 29.5 Å². The number of furan rings is 1. The normalized spacial score (nSPS) is 10.5. The van der Waals surface area contributed by atoms with Gasteiger partial charge in [-0.2, -0.15) is 5.10 Å². The standard InChI is InChI=1S/C14H11ClN4O5/c15-10-3-1-9(2-4-10)14(21)16-8-12(20)18-17-7-11-5-6-13(24-11)19(22)23/h1-7H,8H2,(H,16,21)(H,18,20)/b17-7+. The summed E-state index contributed by atoms with van der Waals surface area (Å²) in [6, 6.07) is 8.66. The van der Waals surface area contributed by atoms with Gasteiger partial charge in [0.1, 0.15) is 4.92 Å². The summed E-state index contributed by atoms with van der Waals surface area (Å²) in [5.74, 6) is -1.34. The maximum Gasteiger partial charge on any atom is 0.433 e. The first kappa shape index (κ1) is 17.2. The van der Waals surface area contributed by atoms with Gasteiger partial charge in [0.25, 0.3) is 11.8 Å². The second-order valence-corrected chi connectivity index (χ2v) is 4.85. The Kier molecular flexibility index (Phi) is 5.63. The van der Waals surface area contributed by atoms with Gasteiger partial charge >= 0.3 is 5.88 Å². The molecule has 0 aliphatic heterocycles. The number of hydrogen-bond donors (Lipinski definition) is 2. The van der Waals surface area contributed by atoms with E-state index in [-0.39, 0.29) is 12.3 Å². The van der Waals surface area contributed by atoms with Crippen molar-refractivity contribution in [1.82, 2.24) is 10.7 Å². The van der Waals surface area contributed by atoms with Crippen LogP contribution in [0.15, 0.2) is 45.9 Å². The van der Waals surface area contributed by atoms with Crippen LogP contribution in [0, 0.1) is 10.1 Å². The van der Waals surface area contributed by atoms with Crippen molar-refractivity contribution in [2.75, 3.05) is 6.54 Å². The molecule has 10 heteroatoms. The zero-order chi connectivity index (χ0) is 17.5. The number of nitrogens with zero attached hydrogens (tertiary/aromatic N) is 2. The summed E-state index contributed by atoms with van der Waals surface area (Å²) in [6.07, 6.45) is 1.10. The molecule has 124 valence electrons. The lowest BCUT2D eigenvalue weighted by atomic mass is 10.2. The Morgan fingerprint density at radius 3 is 2.58 bits per heavy atom. The number of benzene rings is 1. The average Bonchev–Trinajstić information content (AvgIpc) is 3.02. The molecule has 0 aliphatic carbocycles. The van der Waals surface area contributed by atoms with Crippen LogP contribution >= 0.6 is 11.6 Å². The number of nitro groups is 1. The van der Waals surface area contributed by atoms with Gasteiger partial charge in [-0.1, -0.05) is 11.6 Å². The van der Waals surface area contributed by atoms with Crippen molar-refractivity contribution in [3.05, 3.63) is 62.9 Å². The second-order valence-electron chi connectivity index (χ2n) is 4.42. The quantitative estimate of drug-likeness (QED) is 0.466. The van der Waals surface area contributed by atoms with E-state index in [2.05, 4.69) is 15.8 Å². The van der Waals surface area contributed by atoms with Gasteiger partial charge in [0.2, 0.25) is 0 Å². The molecule has 0 spiro atoms. The second kappa shape index (κ2) is 7.88. The van der Waals surface area contributed by atoms with Crippen molar-refractivity contribution in [1.29, 1.82) is 0 Å². The van der Waals surface area contributed by atoms with Crippen LogP contribution in [0.4, 0.5) is 5.88 Å². The van der Waals surface area contributed by atoms with Crippen molar-refractivity contribution < 1.29 is 18.9 Å². The fourth-order valence-electron chi connectivity index (χ4n) is 1.58. The minimum atomic E-state index is -0.692. The maximum absolute atomic E-state index is 11.8. The first-order chi connectivity index (χ1) is 11.5. The van der Waals surface area contributed by atoms with E-state index in [0.717, 1.165) is 12.3 Å². The molecular weight excluding hydrogens is 340 g/mol. The molecule has 0 bridgehead atoms. The summed E-state index contributed by atoms with van der Waals surface area (Å²) in [5, 5.41) is 16.9. The van der Waals surface area contributed by atoms with Gasteiger partial charge in [-0.3, -0.25) is 19.7 Å². The molecule has 2 rings (SSSR count). The van der Waals surface area contributed by atoms with Gasteiger partial charge < -0.3 is 9.73 Å². The fraction of sp³-hybridized carbons (Fsp3) is 0.0714. The smallest absolute Gasteiger partial charge is 0.400 e. The van der Waals surface area contributed by atoms with E-state index in [9.17, 15) is 19.7 Å². The monoisotopic (exact) mass is 350 g/mol. The van der Waals surface area contributed by atoms with Gasteiger partial charge in [-0.25, -0.2) is 5.43 Å². The van der Waals surface area contributed by atoms with Crippen molar-refractivity contribution in [2.45, 2.75) is 0 Å². The molecule has 9 nitrogen and oxygen atoms in total. The number of hydrazone groups is 1. The summed E-state index contributed by atoms with van der Waals surface area (Å²) in [6.45, 7) is -0.295. The number of rotatable bonds is 6. The van der Waals surface area contributed by atoms with Crippen molar-refractivity contribution in [3.63, 3.8) is 0 Å². The first-order valence-corrected chi connectivity index (χ1v) is 6.93. The van der Waals surface area contributed by atoms with E-state index < -0.39 is 22.6 Å². The number of amides is 2. The highest BCUT2D eigenvalue weighted by atomic mass is 35.5. The van der Waals surface area contributed by atoms with Crippen molar-refractivity contribution in [2.24, 2.45) is 5.10 Å². The van der Waals surface area contributed by atoms with E-state index in [0.29, 0.717) is 10.6 Å². The van der Waals surface area contributed by atoms with Crippen LogP contribution in [0.3, 0.4) is 0 Å². The zero-order valence-corrected chi connectivity index (χ0v) is 12.8. The predicted octanol–water partition coefficient (Wildman–Crippen LogP) is 1.72. The highest BCUT2D eigenvalue weighted by molar-refractivity contribution is 6.30. The molecular formula is C14H11ClN4O5. The van der Waals surface area contributed by atoms with Crippen LogP contribution in [0.1, 0.15) is 16.1 Å². The van der Waals surface area contributed by atoms with E-state index >= 15 is 0 Å². The van der Waals surface area contributed by atoms with Gasteiger partial charge in [0.05, 0.1) is 18.8 Å². The SMILES string of the molecule is O=C(CNC(=O)c1ccc(Cl)cc1)N/N=C/c1ccc([N+](=O)[O-])o1. The summed E-state index contributed by atoms with van der Waals surface area (Å²) in [5.41, 5.74) is 2.51. The third kappa shape index (κ3) is 4.92. The third-order valence-electron chi connectivity index (χ3n) is 2.69. The van der Waals surface area contributed by atoms with Gasteiger partial charge in [-0.15, -0.1) is 0 Å². The molecule has 2 aromatic rings. The summed E-state index contributed by atoms with van der Waals surface area (Å²) < 4.78 is 4.81. The maximum atomic E-state index is 11.8. The molecule has 1 heterocycles. The Morgan fingerprint density at radius 1 is 1.25 bits per heavy atom. The average molecular weight is 351 g/mol. The number of carbonyl (C=O) groups excluding carboxylic acids is 2. The number of hydrogen-bond acceptors (Lipinski definition) is 6. The molecule has 0 aliphatic rings. The molecule has 1 aromatic carbocycles. The van der Waals surface area contributed by atoms with E-state index in [4.69, 9.17) is 16.0 Å². The van der Waals surface area contributed by atoms with Crippen molar-refractivity contribution >= 4 is 35.5 Å². The predicted molar refractivity (Wildman–Crippen MR) is 84.9 cm³/mol. The molecule has 0 atom stereocenters. The Morgan fingerprint density at radius 2 is 1.96 bits per heavy atom. The Labute approximate surface area is 140 Å². The van der Waals surface area contributed by atoms with Crippen LogP contribution in [0.25, 0.3) is 0 Å². The molecule has 2 amide bonds. The molecule has 0 unspecified atom stereocenters. The van der Waals surface area contributed by atoms with Crippen LogP contribution in [0.2, 0.25) is 5.02 Å². The van der Waals surface area contributed by atoms with Crippen LogP contribution in [-0.2, 0) is 4.79 Å². The highest BCUT2D eigenvalue weighted by Gasteiger charge is 2.10. The molecule has 2 N–H and O–H groups in total. The first-order valence-electron chi connectivity index (χ1n) is 6.55. The van der Waals surface area contributed by atoms with Gasteiger partial charge in [-0.05, 0) is 30.3 Å². The molecule has 0 saturated carbocycles. The fourth-order valence-corrected chi connectivity index (χ4v) is 1.71. The Bertz CT molecular complexity index is 785. The number of nitrogens with one attached hydrogen (secondary N) is 2. The summed E-state index contributed by atoms with van der Waals surface area (Å²) in [7, 11) is 0. The third-order valence-corrected chi connectivity index (χ3v) is 2.94. The number of carbonyl (C=O) groups is 2. The van der Waals surface area contributed by atoms with Crippen LogP contribution < -0.4 is 10.7 Å². The Balaban J connectivity index is 1.78. The molecule has 0 fully saturated rings. The van der Waals surface area contributed by atoms with Crippen molar-refractivity contribution in [3.8, 4) is 0 Å². The van der Waals surface area contributed by atoms with Gasteiger partial charge in [0.15, 0.2) is 5.76 Å². The van der Waals surface area contributed by atoms with E-state index in [1.54, 1.807) is 12.1 Å². The Hall–Kier alpha value is -3.20. The molecule has 0 saturated heterocycles. The summed E-state index contributed by atoms with van der Waals surface area (Å²) in [4.78, 5) is 33.0. The lowest BCUT2D eigenvalue weighted by Crippen LogP contribution is -2.34. The number of halogens is 1. The zero-order valence-electron chi connectivity index (χ0n) is 12.1. The minimum Gasteiger partial charge on any atom is -0.400 e. The van der Waals surface area contributed by atoms with E-state index in [1.807, 2.05) is 0 Å². The van der Waals surface area contributed by atoms with Crippen LogP contribution in [0.5, 0.6) is 0 Å². The molecule has 0 radical (unpaired) electrons. The molecule has 24 heavy (non-hydrogen) atoms. The topological polar surface area (TPSA) is 127 Å². The highest BCUT2D eigenvalue weighted by Crippen LogP contribution is 2.13. The minimum absolute atomic E-state index is 0.104. The lowest BCUT2D eigenvalue weighted by Gasteiger charge is -2.04. The summed E-state index contributed by atoms with van der Waals surface area (Å²) >= 11 is 5.71. The molecule has 1 aromatic heterocycles. The van der Waals surface area contributed by atoms with E-state index in [1.165, 1.54) is 18.2 Å². The lowest BCUT2D eigenvalue weighted by molar-refractivity contribution is -0.402. The van der Waals surface area contributed by atoms with Gasteiger partial charge in [0, 0.05) is 10.6 Å². The largest absolute Gasteiger partial charge is 0.433 e.